The van der Waals surface area contributed by atoms with E-state index < -0.39 is 25.2 Å². The van der Waals surface area contributed by atoms with Crippen LogP contribution in [0.15, 0.2) is 0 Å². The number of hydrogen-bond acceptors (Lipinski definition) is 7. The van der Waals surface area contributed by atoms with Crippen LogP contribution in [0, 0.1) is 16.7 Å². The predicted octanol–water partition coefficient (Wildman–Crippen LogP) is 4.33. The lowest BCUT2D eigenvalue weighted by Crippen LogP contribution is -2.39. The topological polar surface area (TPSA) is 88.1 Å². The summed E-state index contributed by atoms with van der Waals surface area (Å²) >= 11 is 0. The molecule has 2 saturated carbocycles. The van der Waals surface area contributed by atoms with E-state index in [0.29, 0.717) is 5.92 Å². The highest BCUT2D eigenvalue weighted by atomic mass is 31.2. The molecular formula is C20H35O7P. The summed E-state index contributed by atoms with van der Waals surface area (Å²) in [6.07, 6.45) is 2.41. The van der Waals surface area contributed by atoms with Crippen molar-refractivity contribution in [3.05, 3.63) is 0 Å². The molecule has 0 aromatic carbocycles. The second-order valence-corrected chi connectivity index (χ2v) is 10.7. The van der Waals surface area contributed by atoms with Crippen molar-refractivity contribution in [1.29, 1.82) is 0 Å². The number of hydrogen-bond donors (Lipinski definition) is 0. The molecule has 4 atom stereocenters. The minimum absolute atomic E-state index is 0.0870. The van der Waals surface area contributed by atoms with Crippen molar-refractivity contribution < 1.29 is 32.7 Å². The van der Waals surface area contributed by atoms with Gasteiger partial charge in [-0.05, 0) is 51.4 Å². The highest BCUT2D eigenvalue weighted by Gasteiger charge is 2.63. The SMILES string of the molecule is CCOC(=O)C(CC(=O)O[C@@H]1C[C@H]2CC[C@]1(C)C2(C)C)P(=O)(OCC)OCC. The average Bonchev–Trinajstić information content (AvgIpc) is 2.93. The molecular weight excluding hydrogens is 383 g/mol. The second kappa shape index (κ2) is 8.85. The Hall–Kier alpha value is -0.910. The van der Waals surface area contributed by atoms with Gasteiger partial charge in [-0.15, -0.1) is 0 Å². The molecule has 8 heteroatoms. The standard InChI is InChI=1S/C20H35O7P/c1-7-24-18(22)15(28(23,25-8-2)26-9-3)13-17(21)27-16-12-14-10-11-20(16,6)19(14,4)5/h14-16H,7-13H2,1-6H3/t14-,15?,16-,20+/m1/s1. The Morgan fingerprint density at radius 2 is 1.68 bits per heavy atom. The lowest BCUT2D eigenvalue weighted by atomic mass is 9.70. The molecule has 0 aromatic heterocycles. The van der Waals surface area contributed by atoms with Gasteiger partial charge in [-0.1, -0.05) is 20.8 Å². The number of esters is 2. The highest BCUT2D eigenvalue weighted by molar-refractivity contribution is 7.55. The predicted molar refractivity (Wildman–Crippen MR) is 105 cm³/mol. The van der Waals surface area contributed by atoms with Crippen LogP contribution in [-0.2, 0) is 32.7 Å². The fourth-order valence-corrected chi connectivity index (χ4v) is 6.67. The van der Waals surface area contributed by atoms with Crippen molar-refractivity contribution >= 4 is 19.5 Å². The van der Waals surface area contributed by atoms with Crippen LogP contribution in [0.5, 0.6) is 0 Å². The minimum atomic E-state index is -3.85. The third-order valence-corrected chi connectivity index (χ3v) is 9.30. The molecule has 162 valence electrons. The van der Waals surface area contributed by atoms with E-state index in [1.165, 1.54) is 0 Å². The van der Waals surface area contributed by atoms with Crippen LogP contribution in [0.4, 0.5) is 0 Å². The van der Waals surface area contributed by atoms with E-state index in [4.69, 9.17) is 18.5 Å². The molecule has 1 unspecified atom stereocenters. The Labute approximate surface area is 168 Å². The first kappa shape index (κ1) is 23.4. The molecule has 0 aromatic rings. The lowest BCUT2D eigenvalue weighted by Gasteiger charge is -2.38. The van der Waals surface area contributed by atoms with E-state index in [1.54, 1.807) is 20.8 Å². The third-order valence-electron chi connectivity index (χ3n) is 6.91. The van der Waals surface area contributed by atoms with Gasteiger partial charge in [0.05, 0.1) is 26.2 Å². The van der Waals surface area contributed by atoms with Crippen LogP contribution in [0.3, 0.4) is 0 Å². The highest BCUT2D eigenvalue weighted by Crippen LogP contribution is 2.66. The maximum atomic E-state index is 13.1. The Kier molecular flexibility index (Phi) is 7.38. The van der Waals surface area contributed by atoms with Gasteiger partial charge in [0, 0.05) is 5.41 Å². The largest absolute Gasteiger partial charge is 0.465 e. The number of carbonyl (C=O) groups excluding carboxylic acids is 2. The van der Waals surface area contributed by atoms with Gasteiger partial charge in [0.1, 0.15) is 6.10 Å². The number of ether oxygens (including phenoxy) is 2. The molecule has 2 fully saturated rings. The summed E-state index contributed by atoms with van der Waals surface area (Å²) < 4.78 is 34.6. The second-order valence-electron chi connectivity index (χ2n) is 8.44. The third kappa shape index (κ3) is 4.17. The molecule has 0 radical (unpaired) electrons. The molecule has 2 aliphatic rings. The molecule has 0 heterocycles. The zero-order valence-electron chi connectivity index (χ0n) is 18.0. The van der Waals surface area contributed by atoms with Gasteiger partial charge in [-0.3, -0.25) is 14.2 Å². The van der Waals surface area contributed by atoms with E-state index in [2.05, 4.69) is 20.8 Å². The quantitative estimate of drug-likeness (QED) is 0.385. The van der Waals surface area contributed by atoms with Gasteiger partial charge in [0.25, 0.3) is 0 Å². The molecule has 2 bridgehead atoms. The fourth-order valence-electron chi connectivity index (χ4n) is 4.81. The van der Waals surface area contributed by atoms with Crippen molar-refractivity contribution in [3.8, 4) is 0 Å². The summed E-state index contributed by atoms with van der Waals surface area (Å²) in [5.41, 5.74) is -1.31. The normalized spacial score (nSPS) is 29.5. The summed E-state index contributed by atoms with van der Waals surface area (Å²) in [4.78, 5) is 25.2. The first-order valence-electron chi connectivity index (χ1n) is 10.3. The maximum Gasteiger partial charge on any atom is 0.345 e. The van der Waals surface area contributed by atoms with Crippen molar-refractivity contribution in [2.24, 2.45) is 16.7 Å². The average molecular weight is 418 g/mol. The maximum absolute atomic E-state index is 13.1. The Bertz CT molecular complexity index is 622. The summed E-state index contributed by atoms with van der Waals surface area (Å²) in [7, 11) is -3.85. The molecule has 0 saturated heterocycles. The molecule has 2 aliphatic carbocycles. The Morgan fingerprint density at radius 3 is 2.11 bits per heavy atom. The minimum Gasteiger partial charge on any atom is -0.465 e. The van der Waals surface area contributed by atoms with Crippen LogP contribution in [0.25, 0.3) is 0 Å². The van der Waals surface area contributed by atoms with Gasteiger partial charge in [-0.2, -0.15) is 0 Å². The fraction of sp³-hybridized carbons (Fsp3) is 0.900. The van der Waals surface area contributed by atoms with Gasteiger partial charge < -0.3 is 18.5 Å². The van der Waals surface area contributed by atoms with Crippen LogP contribution in [0.1, 0.15) is 67.2 Å². The molecule has 2 rings (SSSR count). The molecule has 0 aliphatic heterocycles. The molecule has 7 nitrogen and oxygen atoms in total. The monoisotopic (exact) mass is 418 g/mol. The lowest BCUT2D eigenvalue weighted by molar-refractivity contribution is -0.159. The van der Waals surface area contributed by atoms with Crippen molar-refractivity contribution in [3.63, 3.8) is 0 Å². The van der Waals surface area contributed by atoms with E-state index in [1.807, 2.05) is 0 Å². The van der Waals surface area contributed by atoms with Gasteiger partial charge in [-0.25, -0.2) is 0 Å². The summed E-state index contributed by atoms with van der Waals surface area (Å²) in [6.45, 7) is 11.9. The summed E-state index contributed by atoms with van der Waals surface area (Å²) in [5.74, 6) is -0.800. The van der Waals surface area contributed by atoms with Crippen LogP contribution in [0.2, 0.25) is 0 Å². The van der Waals surface area contributed by atoms with E-state index in [9.17, 15) is 14.2 Å². The zero-order chi connectivity index (χ0) is 21.2. The van der Waals surface area contributed by atoms with Gasteiger partial charge in [0.2, 0.25) is 0 Å². The Morgan fingerprint density at radius 1 is 1.07 bits per heavy atom. The summed E-state index contributed by atoms with van der Waals surface area (Å²) in [5, 5.41) is 0. The van der Waals surface area contributed by atoms with Crippen molar-refractivity contribution in [1.82, 2.24) is 0 Å². The van der Waals surface area contributed by atoms with Crippen LogP contribution >= 0.6 is 7.60 Å². The van der Waals surface area contributed by atoms with Gasteiger partial charge in [0.15, 0.2) is 5.66 Å². The molecule has 0 spiro atoms. The van der Waals surface area contributed by atoms with Crippen LogP contribution in [-0.4, -0.2) is 43.5 Å². The van der Waals surface area contributed by atoms with E-state index >= 15 is 0 Å². The number of rotatable bonds is 10. The van der Waals surface area contributed by atoms with E-state index in [0.717, 1.165) is 19.3 Å². The Balaban J connectivity index is 2.15. The number of fused-ring (bicyclic) bond motifs is 2. The molecule has 0 N–H and O–H groups in total. The molecule has 28 heavy (non-hydrogen) atoms. The summed E-state index contributed by atoms with van der Waals surface area (Å²) in [6, 6.07) is 0. The molecule has 0 amide bonds. The van der Waals surface area contributed by atoms with Crippen molar-refractivity contribution in [2.75, 3.05) is 19.8 Å². The van der Waals surface area contributed by atoms with Crippen molar-refractivity contribution in [2.45, 2.75) is 79.0 Å². The van der Waals surface area contributed by atoms with Crippen LogP contribution < -0.4 is 0 Å². The van der Waals surface area contributed by atoms with Gasteiger partial charge >= 0.3 is 19.5 Å². The zero-order valence-corrected chi connectivity index (χ0v) is 18.9. The first-order valence-corrected chi connectivity index (χ1v) is 11.9. The number of carbonyl (C=O) groups is 2. The smallest absolute Gasteiger partial charge is 0.345 e. The van der Waals surface area contributed by atoms with E-state index in [-0.39, 0.29) is 43.2 Å². The first-order chi connectivity index (χ1) is 13.1.